The molecule has 7 amide bonds. The third-order valence-corrected chi connectivity index (χ3v) is 10.8. The van der Waals surface area contributed by atoms with E-state index in [2.05, 4.69) is 49.5 Å². The summed E-state index contributed by atoms with van der Waals surface area (Å²) in [5, 5.41) is 25.9. The van der Waals surface area contributed by atoms with E-state index in [0.29, 0.717) is 18.4 Å². The molecule has 3 aromatic rings. The average Bonchev–Trinajstić information content (AvgIpc) is 3.63. The van der Waals surface area contributed by atoms with Gasteiger partial charge in [0.2, 0.25) is 41.4 Å². The zero-order valence-corrected chi connectivity index (χ0v) is 35.5. The molecule has 0 radical (unpaired) electrons. The minimum Gasteiger partial charge on any atom is -0.481 e. The number of para-hydroxylation sites is 1. The molecule has 326 valence electrons. The molecule has 60 heavy (non-hydrogen) atoms. The van der Waals surface area contributed by atoms with Gasteiger partial charge in [-0.2, -0.15) is 12.6 Å². The van der Waals surface area contributed by atoms with Gasteiger partial charge in [0.15, 0.2) is 0 Å². The van der Waals surface area contributed by atoms with E-state index in [4.69, 9.17) is 10.8 Å². The van der Waals surface area contributed by atoms with Crippen molar-refractivity contribution >= 4 is 70.9 Å². The van der Waals surface area contributed by atoms with Crippen LogP contribution in [0.15, 0.2) is 60.8 Å². The summed E-state index contributed by atoms with van der Waals surface area (Å²) in [5.41, 5.74) is 7.62. The second-order valence-electron chi connectivity index (χ2n) is 15.0. The summed E-state index contributed by atoms with van der Waals surface area (Å²) in [6, 6.07) is 9.16. The number of primary amides is 1. The predicted octanol–water partition coefficient (Wildman–Crippen LogP) is 1.25. The molecule has 1 heterocycles. The standard InChI is InChI=1S/C42H58N8O9S/c1-6-23(3)35(50-42(59)36(24(4)7-2)49-39(56)31(45-25(5)51)19-26-13-9-8-10-14-26)41(58)47-32(20-27-21-44-29-16-12-11-15-28(27)29)38(55)48-33(22-60)40(57)46-30(37(43)54)17-18-34(52)53/h8-16,21,23-24,30-33,35-36,44,60H,6-7,17-20,22H2,1-5H3,(H2,43,54)(H,45,51)(H,46,57)(H,47,58)(H,48,55)(H,49,56)(H,50,59)(H,52,53)/t23-,24-,30-,31-,32-,33-,35-,36-/m0/s1. The number of thiol groups is 1. The molecule has 3 rings (SSSR count). The van der Waals surface area contributed by atoms with Gasteiger partial charge >= 0.3 is 5.97 Å². The van der Waals surface area contributed by atoms with Crippen molar-refractivity contribution in [2.24, 2.45) is 17.6 Å². The molecule has 8 atom stereocenters. The summed E-state index contributed by atoms with van der Waals surface area (Å²) in [7, 11) is 0. The van der Waals surface area contributed by atoms with Crippen molar-refractivity contribution in [3.8, 4) is 0 Å². The van der Waals surface area contributed by atoms with E-state index in [0.717, 1.165) is 16.5 Å². The highest BCUT2D eigenvalue weighted by atomic mass is 32.1. The Hall–Kier alpha value is -5.91. The monoisotopic (exact) mass is 850 g/mol. The first kappa shape index (κ1) is 48.5. The van der Waals surface area contributed by atoms with E-state index in [-0.39, 0.29) is 25.0 Å². The number of nitrogens with two attached hydrogens (primary N) is 1. The molecule has 17 nitrogen and oxygen atoms in total. The van der Waals surface area contributed by atoms with Crippen LogP contribution in [0.25, 0.3) is 10.9 Å². The highest BCUT2D eigenvalue weighted by Crippen LogP contribution is 2.20. The molecule has 1 aromatic heterocycles. The Balaban J connectivity index is 1.90. The van der Waals surface area contributed by atoms with E-state index in [9.17, 15) is 38.4 Å². The SMILES string of the molecule is CC[C@H](C)[C@H](NC(=O)[C@H](Cc1ccccc1)NC(C)=O)C(=O)N[C@H](C(=O)N[C@@H](Cc1c[nH]c2ccccc12)C(=O)N[C@@H](CS)C(=O)N[C@@H](CCC(=O)O)C(N)=O)[C@@H](C)CC. The zero-order valence-electron chi connectivity index (χ0n) is 34.6. The number of aromatic nitrogens is 1. The van der Waals surface area contributed by atoms with Gasteiger partial charge in [-0.3, -0.25) is 38.4 Å². The number of nitrogens with one attached hydrogen (secondary N) is 7. The predicted molar refractivity (Wildman–Crippen MR) is 228 cm³/mol. The summed E-state index contributed by atoms with van der Waals surface area (Å²) < 4.78 is 0. The summed E-state index contributed by atoms with van der Waals surface area (Å²) in [6.07, 6.45) is 2.00. The molecule has 0 spiro atoms. The highest BCUT2D eigenvalue weighted by Gasteiger charge is 2.36. The maximum Gasteiger partial charge on any atom is 0.303 e. The van der Waals surface area contributed by atoms with Gasteiger partial charge in [-0.15, -0.1) is 0 Å². The molecular weight excluding hydrogens is 793 g/mol. The Bertz CT molecular complexity index is 1980. The van der Waals surface area contributed by atoms with E-state index in [1.807, 2.05) is 68.4 Å². The van der Waals surface area contributed by atoms with Gasteiger partial charge in [0.25, 0.3) is 0 Å². The van der Waals surface area contributed by atoms with Crippen molar-refractivity contribution in [1.82, 2.24) is 36.9 Å². The number of aliphatic carboxylic acids is 1. The maximum absolute atomic E-state index is 14.3. The number of carbonyl (C=O) groups excluding carboxylic acids is 7. The number of H-pyrrole nitrogens is 1. The van der Waals surface area contributed by atoms with Gasteiger partial charge in [-0.25, -0.2) is 0 Å². The van der Waals surface area contributed by atoms with Crippen molar-refractivity contribution in [1.29, 1.82) is 0 Å². The van der Waals surface area contributed by atoms with Crippen LogP contribution in [-0.4, -0.2) is 99.4 Å². The number of hydrogen-bond donors (Lipinski definition) is 10. The van der Waals surface area contributed by atoms with Crippen LogP contribution in [0.1, 0.15) is 71.4 Å². The lowest BCUT2D eigenvalue weighted by Gasteiger charge is -2.31. The Morgan fingerprint density at radius 1 is 0.667 bits per heavy atom. The molecule has 0 aliphatic carbocycles. The van der Waals surface area contributed by atoms with Crippen LogP contribution >= 0.6 is 12.6 Å². The number of amides is 7. The number of hydrogen-bond acceptors (Lipinski definition) is 9. The number of carboxylic acid groups (broad SMARTS) is 1. The Kier molecular flexibility index (Phi) is 19.1. The molecule has 18 heteroatoms. The third kappa shape index (κ3) is 14.4. The van der Waals surface area contributed by atoms with E-state index in [1.54, 1.807) is 20.0 Å². The first-order valence-corrected chi connectivity index (χ1v) is 20.6. The fourth-order valence-corrected chi connectivity index (χ4v) is 6.75. The molecule has 0 saturated carbocycles. The lowest BCUT2D eigenvalue weighted by molar-refractivity contribution is -0.138. The van der Waals surface area contributed by atoms with Crippen LogP contribution in [0.5, 0.6) is 0 Å². The first-order valence-electron chi connectivity index (χ1n) is 20.0. The normalized spacial score (nSPS) is 15.1. The van der Waals surface area contributed by atoms with Crippen LogP contribution in [0.3, 0.4) is 0 Å². The van der Waals surface area contributed by atoms with Crippen LogP contribution in [-0.2, 0) is 51.2 Å². The lowest BCUT2D eigenvalue weighted by Crippen LogP contribution is -2.62. The molecule has 0 saturated heterocycles. The van der Waals surface area contributed by atoms with Gasteiger partial charge in [-0.05, 0) is 35.4 Å². The van der Waals surface area contributed by atoms with Crippen LogP contribution < -0.4 is 37.6 Å². The quantitative estimate of drug-likeness (QED) is 0.0581. The topological polar surface area (TPSA) is 271 Å². The fourth-order valence-electron chi connectivity index (χ4n) is 6.49. The smallest absolute Gasteiger partial charge is 0.303 e. The highest BCUT2D eigenvalue weighted by molar-refractivity contribution is 7.80. The van der Waals surface area contributed by atoms with Crippen molar-refractivity contribution in [3.05, 3.63) is 71.9 Å². The average molecular weight is 851 g/mol. The minimum absolute atomic E-state index is 0.0519. The number of benzene rings is 2. The zero-order chi connectivity index (χ0) is 44.5. The molecule has 0 fully saturated rings. The number of rotatable bonds is 24. The van der Waals surface area contributed by atoms with Gasteiger partial charge in [0.1, 0.15) is 36.3 Å². The molecule has 0 unspecified atom stereocenters. The van der Waals surface area contributed by atoms with Crippen molar-refractivity contribution in [3.63, 3.8) is 0 Å². The fraction of sp³-hybridized carbons (Fsp3) is 0.476. The molecule has 2 aromatic carbocycles. The number of fused-ring (bicyclic) bond motifs is 1. The molecule has 10 N–H and O–H groups in total. The number of aromatic amines is 1. The largest absolute Gasteiger partial charge is 0.481 e. The van der Waals surface area contributed by atoms with Gasteiger partial charge in [-0.1, -0.05) is 89.1 Å². The van der Waals surface area contributed by atoms with E-state index >= 15 is 0 Å². The van der Waals surface area contributed by atoms with Crippen molar-refractivity contribution < 1.29 is 43.5 Å². The minimum atomic E-state index is -1.33. The molecule has 0 bridgehead atoms. The summed E-state index contributed by atoms with van der Waals surface area (Å²) in [4.78, 5) is 108. The van der Waals surface area contributed by atoms with Gasteiger partial charge in [0.05, 0.1) is 0 Å². The Morgan fingerprint density at radius 3 is 1.73 bits per heavy atom. The van der Waals surface area contributed by atoms with E-state index < -0.39 is 102 Å². The second-order valence-corrected chi connectivity index (χ2v) is 15.3. The van der Waals surface area contributed by atoms with Crippen LogP contribution in [0.4, 0.5) is 0 Å². The number of carbonyl (C=O) groups is 8. The summed E-state index contributed by atoms with van der Waals surface area (Å²) in [6.45, 7) is 8.50. The second kappa shape index (κ2) is 23.6. The Labute approximate surface area is 354 Å². The number of carboxylic acids is 1. The summed E-state index contributed by atoms with van der Waals surface area (Å²) >= 11 is 4.22. The molecular formula is C42H58N8O9S. The summed E-state index contributed by atoms with van der Waals surface area (Å²) in [5.74, 6) is -7.26. The first-order chi connectivity index (χ1) is 28.5. The van der Waals surface area contributed by atoms with Gasteiger partial charge < -0.3 is 47.7 Å². The van der Waals surface area contributed by atoms with Crippen molar-refractivity contribution in [2.75, 3.05) is 5.75 Å². The van der Waals surface area contributed by atoms with E-state index in [1.165, 1.54) is 6.92 Å². The van der Waals surface area contributed by atoms with Crippen LogP contribution in [0, 0.1) is 11.8 Å². The van der Waals surface area contributed by atoms with Gasteiger partial charge in [0, 0.05) is 49.0 Å². The van der Waals surface area contributed by atoms with Crippen molar-refractivity contribution in [2.45, 2.75) is 109 Å². The molecule has 0 aliphatic rings. The maximum atomic E-state index is 14.3. The lowest BCUT2D eigenvalue weighted by atomic mass is 9.94. The Morgan fingerprint density at radius 2 is 1.17 bits per heavy atom. The third-order valence-electron chi connectivity index (χ3n) is 10.4. The molecule has 0 aliphatic heterocycles. The van der Waals surface area contributed by atoms with Crippen LogP contribution in [0.2, 0.25) is 0 Å².